The number of fused-ring (bicyclic) bond motifs is 1. The van der Waals surface area contributed by atoms with Crippen molar-refractivity contribution in [1.29, 1.82) is 0 Å². The highest BCUT2D eigenvalue weighted by Gasteiger charge is 2.54. The molecule has 2 aliphatic rings. The first-order valence-corrected chi connectivity index (χ1v) is 16.0. The van der Waals surface area contributed by atoms with Crippen LogP contribution >= 0.6 is 0 Å². The van der Waals surface area contributed by atoms with Crippen LogP contribution in [-0.2, 0) is 8.85 Å². The summed E-state index contributed by atoms with van der Waals surface area (Å²) in [5.41, 5.74) is 0. The summed E-state index contributed by atoms with van der Waals surface area (Å²) in [5, 5.41) is 0.483. The first kappa shape index (κ1) is 21.6. The maximum Gasteiger partial charge on any atom is 0.192 e. The standard InChI is InChI=1S/C20H43NO2Si2/c1-15-12-13-21-14-16(22-24(8,9)19(2,3)4)18(17(15)21)23-25(10,11)20(5,6)7/h15-18H,12-14H2,1-11H3/t15-,16+,17+,18-/m1/s1. The Balaban J connectivity index is 2.26. The van der Waals surface area contributed by atoms with E-state index in [1.807, 2.05) is 0 Å². The van der Waals surface area contributed by atoms with Crippen LogP contribution in [0.15, 0.2) is 0 Å². The van der Waals surface area contributed by atoms with Crippen molar-refractivity contribution in [2.24, 2.45) is 5.92 Å². The van der Waals surface area contributed by atoms with Crippen molar-refractivity contribution in [2.45, 2.75) is 109 Å². The average Bonchev–Trinajstić information content (AvgIpc) is 2.88. The van der Waals surface area contributed by atoms with Crippen LogP contribution in [0.4, 0.5) is 0 Å². The molecule has 0 aromatic rings. The maximum atomic E-state index is 7.01. The van der Waals surface area contributed by atoms with Crippen LogP contribution in [-0.4, -0.2) is 52.9 Å². The molecule has 0 unspecified atom stereocenters. The van der Waals surface area contributed by atoms with Crippen LogP contribution < -0.4 is 0 Å². The van der Waals surface area contributed by atoms with Crippen LogP contribution in [0.2, 0.25) is 36.3 Å². The van der Waals surface area contributed by atoms with Gasteiger partial charge in [-0.25, -0.2) is 0 Å². The molecule has 3 nitrogen and oxygen atoms in total. The summed E-state index contributed by atoms with van der Waals surface area (Å²) in [7, 11) is -3.61. The van der Waals surface area contributed by atoms with E-state index in [0.29, 0.717) is 12.0 Å². The quantitative estimate of drug-likeness (QED) is 0.597. The van der Waals surface area contributed by atoms with Crippen molar-refractivity contribution in [3.05, 3.63) is 0 Å². The molecule has 2 rings (SSSR count). The third kappa shape index (κ3) is 4.26. The van der Waals surface area contributed by atoms with Crippen molar-refractivity contribution in [3.8, 4) is 0 Å². The summed E-state index contributed by atoms with van der Waals surface area (Å²) in [5.74, 6) is 0.711. The highest BCUT2D eigenvalue weighted by molar-refractivity contribution is 6.74. The summed E-state index contributed by atoms with van der Waals surface area (Å²) in [6, 6.07) is 0.545. The van der Waals surface area contributed by atoms with Gasteiger partial charge in [0.2, 0.25) is 0 Å². The highest BCUT2D eigenvalue weighted by atomic mass is 28.4. The molecule has 2 saturated heterocycles. The van der Waals surface area contributed by atoms with Crippen molar-refractivity contribution >= 4 is 16.6 Å². The van der Waals surface area contributed by atoms with Gasteiger partial charge in [-0.15, -0.1) is 0 Å². The van der Waals surface area contributed by atoms with E-state index in [0.717, 1.165) is 6.54 Å². The SMILES string of the molecule is C[C@@H]1CCN2C[C@H](O[Si](C)(C)C(C)(C)C)[C@@H](O[Si](C)(C)C(C)(C)C)[C@H]12. The summed E-state index contributed by atoms with van der Waals surface area (Å²) in [6.45, 7) is 28.2. The molecule has 4 atom stereocenters. The predicted octanol–water partition coefficient (Wildman–Crippen LogP) is 5.49. The molecule has 0 amide bonds. The maximum absolute atomic E-state index is 7.01. The van der Waals surface area contributed by atoms with E-state index in [9.17, 15) is 0 Å². The lowest BCUT2D eigenvalue weighted by Gasteiger charge is -2.44. The first-order chi connectivity index (χ1) is 11.1. The van der Waals surface area contributed by atoms with Crippen LogP contribution in [0.1, 0.15) is 54.9 Å². The molecule has 0 aromatic heterocycles. The molecule has 5 heteroatoms. The molecule has 0 N–H and O–H groups in total. The molecule has 0 spiro atoms. The van der Waals surface area contributed by atoms with Crippen molar-refractivity contribution in [2.75, 3.05) is 13.1 Å². The molecule has 2 fully saturated rings. The molecular formula is C20H43NO2Si2. The Morgan fingerprint density at radius 2 is 1.32 bits per heavy atom. The molecule has 25 heavy (non-hydrogen) atoms. The van der Waals surface area contributed by atoms with Gasteiger partial charge in [-0.3, -0.25) is 4.90 Å². The van der Waals surface area contributed by atoms with Gasteiger partial charge < -0.3 is 8.85 Å². The Morgan fingerprint density at radius 3 is 1.80 bits per heavy atom. The van der Waals surface area contributed by atoms with E-state index < -0.39 is 16.6 Å². The van der Waals surface area contributed by atoms with Gasteiger partial charge in [0.1, 0.15) is 0 Å². The minimum atomic E-state index is -1.81. The Hall–Kier alpha value is 0.314. The first-order valence-electron chi connectivity index (χ1n) is 10.2. The number of hydrogen-bond acceptors (Lipinski definition) is 3. The molecule has 0 aliphatic carbocycles. The third-order valence-corrected chi connectivity index (χ3v) is 16.5. The van der Waals surface area contributed by atoms with E-state index in [4.69, 9.17) is 8.85 Å². The van der Waals surface area contributed by atoms with E-state index in [1.54, 1.807) is 0 Å². The minimum absolute atomic E-state index is 0.239. The van der Waals surface area contributed by atoms with Crippen LogP contribution in [0, 0.1) is 5.92 Å². The second-order valence-corrected chi connectivity index (χ2v) is 21.0. The van der Waals surface area contributed by atoms with Crippen LogP contribution in [0.3, 0.4) is 0 Å². The molecule has 148 valence electrons. The molecule has 0 bridgehead atoms. The number of rotatable bonds is 4. The highest BCUT2D eigenvalue weighted by Crippen LogP contribution is 2.45. The Kier molecular flexibility index (Phi) is 5.82. The van der Waals surface area contributed by atoms with Crippen molar-refractivity contribution < 1.29 is 8.85 Å². The summed E-state index contributed by atoms with van der Waals surface area (Å²) in [6.07, 6.45) is 1.78. The third-order valence-electron chi connectivity index (χ3n) is 7.48. The summed E-state index contributed by atoms with van der Waals surface area (Å²) >= 11 is 0. The average molecular weight is 386 g/mol. The minimum Gasteiger partial charge on any atom is -0.410 e. The van der Waals surface area contributed by atoms with E-state index >= 15 is 0 Å². The fourth-order valence-corrected chi connectivity index (χ4v) is 6.32. The normalized spacial score (nSPS) is 32.3. The summed E-state index contributed by atoms with van der Waals surface area (Å²) < 4.78 is 13.9. The van der Waals surface area contributed by atoms with Gasteiger partial charge >= 0.3 is 0 Å². The molecular weight excluding hydrogens is 342 g/mol. The van der Waals surface area contributed by atoms with E-state index in [-0.39, 0.29) is 22.3 Å². The molecule has 2 aliphatic heterocycles. The number of hydrogen-bond donors (Lipinski definition) is 0. The van der Waals surface area contributed by atoms with Gasteiger partial charge in [-0.1, -0.05) is 48.5 Å². The Morgan fingerprint density at radius 1 is 0.840 bits per heavy atom. The zero-order valence-electron chi connectivity index (χ0n) is 18.7. The molecule has 0 saturated carbocycles. The van der Waals surface area contributed by atoms with Gasteiger partial charge in [0, 0.05) is 12.6 Å². The predicted molar refractivity (Wildman–Crippen MR) is 113 cm³/mol. The largest absolute Gasteiger partial charge is 0.410 e. The van der Waals surface area contributed by atoms with Gasteiger partial charge in [0.05, 0.1) is 12.2 Å². The number of nitrogens with zero attached hydrogens (tertiary/aromatic N) is 1. The van der Waals surface area contributed by atoms with E-state index in [2.05, 4.69) is 79.6 Å². The Bertz CT molecular complexity index is 479. The second kappa shape index (κ2) is 6.73. The van der Waals surface area contributed by atoms with Crippen LogP contribution in [0.25, 0.3) is 0 Å². The molecule has 0 aromatic carbocycles. The van der Waals surface area contributed by atoms with Gasteiger partial charge in [0.25, 0.3) is 0 Å². The zero-order valence-corrected chi connectivity index (χ0v) is 20.7. The topological polar surface area (TPSA) is 21.7 Å². The lowest BCUT2D eigenvalue weighted by Crippen LogP contribution is -2.53. The lowest BCUT2D eigenvalue weighted by molar-refractivity contribution is 0.0457. The van der Waals surface area contributed by atoms with Crippen molar-refractivity contribution in [3.63, 3.8) is 0 Å². The van der Waals surface area contributed by atoms with Gasteiger partial charge in [0.15, 0.2) is 16.6 Å². The summed E-state index contributed by atoms with van der Waals surface area (Å²) in [4.78, 5) is 2.65. The van der Waals surface area contributed by atoms with E-state index in [1.165, 1.54) is 13.0 Å². The zero-order chi connectivity index (χ0) is 19.4. The van der Waals surface area contributed by atoms with Crippen LogP contribution in [0.5, 0.6) is 0 Å². The van der Waals surface area contributed by atoms with Gasteiger partial charge in [-0.05, 0) is 55.1 Å². The fraction of sp³-hybridized carbons (Fsp3) is 1.00. The molecule has 2 heterocycles. The van der Waals surface area contributed by atoms with Crippen molar-refractivity contribution in [1.82, 2.24) is 4.90 Å². The fourth-order valence-electron chi connectivity index (χ4n) is 3.67. The second-order valence-electron chi connectivity index (χ2n) is 11.5. The van der Waals surface area contributed by atoms with Gasteiger partial charge in [-0.2, -0.15) is 0 Å². The molecule has 0 radical (unpaired) electrons. The Labute approximate surface area is 159 Å². The smallest absolute Gasteiger partial charge is 0.192 e. The monoisotopic (exact) mass is 385 g/mol. The lowest BCUT2D eigenvalue weighted by atomic mass is 9.98.